The molecule has 0 aromatic carbocycles. The molecule has 0 aliphatic rings. The summed E-state index contributed by atoms with van der Waals surface area (Å²) in [6, 6.07) is 0. The largest absolute Gasteiger partial charge is 0.378 e. The molecule has 0 fully saturated rings. The van der Waals surface area contributed by atoms with Crippen molar-refractivity contribution in [2.75, 3.05) is 25.6 Å². The summed E-state index contributed by atoms with van der Waals surface area (Å²) in [6.45, 7) is 1.39. The number of nitrogens with one attached hydrogen (secondary N) is 1. The number of rotatable bonds is 6. The summed E-state index contributed by atoms with van der Waals surface area (Å²) in [6.07, 6.45) is 4.30. The fraction of sp³-hybridized carbons (Fsp3) is 0.444. The molecular formula is C9H12ClN3O2. The van der Waals surface area contributed by atoms with E-state index in [0.29, 0.717) is 31.2 Å². The van der Waals surface area contributed by atoms with Crippen molar-refractivity contribution < 1.29 is 9.53 Å². The molecular weight excluding hydrogens is 218 g/mol. The molecule has 6 heteroatoms. The molecule has 1 heterocycles. The van der Waals surface area contributed by atoms with Gasteiger partial charge in [-0.2, -0.15) is 0 Å². The third-order valence-electron chi connectivity index (χ3n) is 1.58. The summed E-state index contributed by atoms with van der Waals surface area (Å²) in [5.41, 5.74) is 0.440. The van der Waals surface area contributed by atoms with E-state index < -0.39 is 0 Å². The van der Waals surface area contributed by atoms with Crippen molar-refractivity contribution in [3.8, 4) is 0 Å². The minimum atomic E-state index is -0.204. The number of carbonyl (C=O) groups excluding carboxylic acids is 1. The lowest BCUT2D eigenvalue weighted by Crippen LogP contribution is -2.27. The number of hydrogen-bond acceptors (Lipinski definition) is 4. The third-order valence-corrected chi connectivity index (χ3v) is 1.73. The van der Waals surface area contributed by atoms with Gasteiger partial charge in [-0.15, -0.1) is 11.6 Å². The van der Waals surface area contributed by atoms with Gasteiger partial charge in [0.25, 0.3) is 5.91 Å². The van der Waals surface area contributed by atoms with Gasteiger partial charge in [0.15, 0.2) is 0 Å². The minimum Gasteiger partial charge on any atom is -0.378 e. The normalized spacial score (nSPS) is 9.93. The van der Waals surface area contributed by atoms with Gasteiger partial charge >= 0.3 is 0 Å². The highest BCUT2D eigenvalue weighted by Gasteiger charge is 2.03. The van der Waals surface area contributed by atoms with Gasteiger partial charge in [0, 0.05) is 24.8 Å². The van der Waals surface area contributed by atoms with E-state index in [1.807, 2.05) is 0 Å². The van der Waals surface area contributed by atoms with E-state index in [9.17, 15) is 4.79 Å². The zero-order valence-electron chi connectivity index (χ0n) is 8.15. The van der Waals surface area contributed by atoms with Crippen LogP contribution in [0.1, 0.15) is 10.4 Å². The van der Waals surface area contributed by atoms with Crippen LogP contribution in [0.3, 0.4) is 0 Å². The van der Waals surface area contributed by atoms with Crippen molar-refractivity contribution in [1.82, 2.24) is 15.3 Å². The molecule has 1 aromatic heterocycles. The molecule has 15 heavy (non-hydrogen) atoms. The molecule has 0 bridgehead atoms. The van der Waals surface area contributed by atoms with E-state index in [2.05, 4.69) is 15.3 Å². The lowest BCUT2D eigenvalue weighted by molar-refractivity contribution is 0.0923. The summed E-state index contributed by atoms with van der Waals surface area (Å²) >= 11 is 5.41. The molecule has 0 spiro atoms. The van der Waals surface area contributed by atoms with E-state index in [4.69, 9.17) is 16.3 Å². The van der Waals surface area contributed by atoms with E-state index in [1.165, 1.54) is 18.7 Å². The van der Waals surface area contributed by atoms with Gasteiger partial charge < -0.3 is 10.1 Å². The highest BCUT2D eigenvalue weighted by molar-refractivity contribution is 6.17. The van der Waals surface area contributed by atoms with Crippen LogP contribution in [0, 0.1) is 0 Å². The zero-order chi connectivity index (χ0) is 10.9. The first-order chi connectivity index (χ1) is 7.34. The molecule has 1 rings (SSSR count). The van der Waals surface area contributed by atoms with Crippen molar-refractivity contribution in [3.05, 3.63) is 24.3 Å². The molecule has 1 N–H and O–H groups in total. The van der Waals surface area contributed by atoms with Gasteiger partial charge in [0.1, 0.15) is 6.33 Å². The monoisotopic (exact) mass is 229 g/mol. The third kappa shape index (κ3) is 4.71. The van der Waals surface area contributed by atoms with Crippen LogP contribution in [0.25, 0.3) is 0 Å². The number of amides is 1. The van der Waals surface area contributed by atoms with Crippen LogP contribution in [-0.4, -0.2) is 41.5 Å². The Morgan fingerprint density at radius 2 is 2.13 bits per heavy atom. The van der Waals surface area contributed by atoms with E-state index in [1.54, 1.807) is 0 Å². The molecule has 0 unspecified atom stereocenters. The van der Waals surface area contributed by atoms with Gasteiger partial charge in [-0.1, -0.05) is 0 Å². The molecule has 0 aliphatic carbocycles. The first-order valence-electron chi connectivity index (χ1n) is 4.51. The standard InChI is InChI=1S/C9H12ClN3O2/c10-1-3-15-4-2-13-9(14)8-5-11-7-12-6-8/h5-7H,1-4H2,(H,13,14). The molecule has 0 radical (unpaired) electrons. The van der Waals surface area contributed by atoms with Crippen molar-refractivity contribution >= 4 is 17.5 Å². The number of aromatic nitrogens is 2. The highest BCUT2D eigenvalue weighted by Crippen LogP contribution is 1.91. The molecule has 0 saturated heterocycles. The summed E-state index contributed by atoms with van der Waals surface area (Å²) in [5.74, 6) is 0.255. The van der Waals surface area contributed by atoms with Gasteiger partial charge in [-0.3, -0.25) is 4.79 Å². The maximum Gasteiger partial charge on any atom is 0.254 e. The second-order valence-electron chi connectivity index (χ2n) is 2.68. The number of halogens is 1. The summed E-state index contributed by atoms with van der Waals surface area (Å²) in [4.78, 5) is 18.9. The Labute approximate surface area is 92.8 Å². The average molecular weight is 230 g/mol. The van der Waals surface area contributed by atoms with Crippen LogP contribution in [0.15, 0.2) is 18.7 Å². The Bertz CT molecular complexity index is 295. The number of nitrogens with zero attached hydrogens (tertiary/aromatic N) is 2. The number of alkyl halides is 1. The second kappa shape index (κ2) is 7.14. The molecule has 5 nitrogen and oxygen atoms in total. The van der Waals surface area contributed by atoms with Crippen molar-refractivity contribution in [2.24, 2.45) is 0 Å². The van der Waals surface area contributed by atoms with Gasteiger partial charge in [0.05, 0.1) is 18.8 Å². The van der Waals surface area contributed by atoms with Crippen molar-refractivity contribution in [3.63, 3.8) is 0 Å². The first kappa shape index (κ1) is 11.9. The molecule has 0 saturated carbocycles. The average Bonchev–Trinajstić information content (AvgIpc) is 2.30. The van der Waals surface area contributed by atoms with Crippen LogP contribution < -0.4 is 5.32 Å². The number of ether oxygens (including phenoxy) is 1. The molecule has 0 atom stereocenters. The Morgan fingerprint density at radius 1 is 1.40 bits per heavy atom. The maximum absolute atomic E-state index is 11.4. The maximum atomic E-state index is 11.4. The zero-order valence-corrected chi connectivity index (χ0v) is 8.91. The minimum absolute atomic E-state index is 0.204. The van der Waals surface area contributed by atoms with Crippen molar-refractivity contribution in [2.45, 2.75) is 0 Å². The Hall–Kier alpha value is -1.20. The van der Waals surface area contributed by atoms with Crippen molar-refractivity contribution in [1.29, 1.82) is 0 Å². The summed E-state index contributed by atoms with van der Waals surface area (Å²) in [5, 5.41) is 2.67. The quantitative estimate of drug-likeness (QED) is 0.569. The Kier molecular flexibility index (Phi) is 5.65. The Morgan fingerprint density at radius 3 is 2.80 bits per heavy atom. The highest BCUT2D eigenvalue weighted by atomic mass is 35.5. The SMILES string of the molecule is O=C(NCCOCCCl)c1cncnc1. The lowest BCUT2D eigenvalue weighted by Gasteiger charge is -2.04. The van der Waals surface area contributed by atoms with Crippen LogP contribution in [-0.2, 0) is 4.74 Å². The molecule has 1 aromatic rings. The van der Waals surface area contributed by atoms with Gasteiger partial charge in [-0.05, 0) is 0 Å². The fourth-order valence-electron chi connectivity index (χ4n) is 0.912. The van der Waals surface area contributed by atoms with E-state index in [-0.39, 0.29) is 5.91 Å². The molecule has 82 valence electrons. The lowest BCUT2D eigenvalue weighted by atomic mass is 10.3. The van der Waals surface area contributed by atoms with Crippen LogP contribution in [0.4, 0.5) is 0 Å². The second-order valence-corrected chi connectivity index (χ2v) is 3.06. The van der Waals surface area contributed by atoms with Crippen LogP contribution >= 0.6 is 11.6 Å². The fourth-order valence-corrected chi connectivity index (χ4v) is 1.02. The first-order valence-corrected chi connectivity index (χ1v) is 5.05. The Balaban J connectivity index is 2.20. The summed E-state index contributed by atoms with van der Waals surface area (Å²) < 4.78 is 5.09. The molecule has 1 amide bonds. The summed E-state index contributed by atoms with van der Waals surface area (Å²) in [7, 11) is 0. The molecule has 0 aliphatic heterocycles. The van der Waals surface area contributed by atoms with Crippen LogP contribution in [0.5, 0.6) is 0 Å². The predicted molar refractivity (Wildman–Crippen MR) is 55.9 cm³/mol. The van der Waals surface area contributed by atoms with E-state index >= 15 is 0 Å². The van der Waals surface area contributed by atoms with Crippen LogP contribution in [0.2, 0.25) is 0 Å². The smallest absolute Gasteiger partial charge is 0.254 e. The predicted octanol–water partition coefficient (Wildman–Crippen LogP) is 0.462. The topological polar surface area (TPSA) is 64.1 Å². The number of hydrogen-bond donors (Lipinski definition) is 1. The number of carbonyl (C=O) groups is 1. The van der Waals surface area contributed by atoms with Gasteiger partial charge in [0.2, 0.25) is 0 Å². The van der Waals surface area contributed by atoms with Gasteiger partial charge in [-0.25, -0.2) is 9.97 Å². The van der Waals surface area contributed by atoms with E-state index in [0.717, 1.165) is 0 Å².